The van der Waals surface area contributed by atoms with Gasteiger partial charge < -0.3 is 5.11 Å². The molecule has 0 aliphatic heterocycles. The second-order valence-corrected chi connectivity index (χ2v) is 2.90. The molecule has 8 heteroatoms. The standard InChI is InChI=1S/C7H3ClF5NO/c8-4-2(15)1-14-5(7(11,12)13)3(4)6(9)10/h1,6,15H. The minimum absolute atomic E-state index is 0.372. The van der Waals surface area contributed by atoms with Gasteiger partial charge in [-0.05, 0) is 0 Å². The summed E-state index contributed by atoms with van der Waals surface area (Å²) in [5.74, 6) is -0.917. The third-order valence-corrected chi connectivity index (χ3v) is 1.92. The van der Waals surface area contributed by atoms with E-state index in [4.69, 9.17) is 16.7 Å². The van der Waals surface area contributed by atoms with Crippen LogP contribution in [-0.2, 0) is 6.18 Å². The number of alkyl halides is 5. The fourth-order valence-corrected chi connectivity index (χ4v) is 1.14. The van der Waals surface area contributed by atoms with Crippen molar-refractivity contribution in [2.45, 2.75) is 12.6 Å². The van der Waals surface area contributed by atoms with Crippen LogP contribution in [0.4, 0.5) is 22.0 Å². The molecule has 1 rings (SSSR count). The quantitative estimate of drug-likeness (QED) is 0.772. The molecule has 0 aliphatic carbocycles. The van der Waals surface area contributed by atoms with E-state index in [2.05, 4.69) is 4.98 Å². The fraction of sp³-hybridized carbons (Fsp3) is 0.286. The lowest BCUT2D eigenvalue weighted by molar-refractivity contribution is -0.143. The molecule has 0 saturated heterocycles. The third-order valence-electron chi connectivity index (χ3n) is 1.52. The summed E-state index contributed by atoms with van der Waals surface area (Å²) in [6.07, 6.45) is -8.13. The average molecular weight is 248 g/mol. The van der Waals surface area contributed by atoms with E-state index in [9.17, 15) is 22.0 Å². The first-order valence-corrected chi connectivity index (χ1v) is 3.85. The number of pyridine rings is 1. The summed E-state index contributed by atoms with van der Waals surface area (Å²) in [4.78, 5) is 2.69. The van der Waals surface area contributed by atoms with E-state index in [-0.39, 0.29) is 0 Å². The van der Waals surface area contributed by atoms with Gasteiger partial charge in [-0.1, -0.05) is 11.6 Å². The van der Waals surface area contributed by atoms with Gasteiger partial charge in [0.25, 0.3) is 6.43 Å². The Labute approximate surface area is 85.3 Å². The maximum Gasteiger partial charge on any atom is 0.433 e. The zero-order valence-electron chi connectivity index (χ0n) is 6.82. The van der Waals surface area contributed by atoms with Crippen LogP contribution < -0.4 is 0 Å². The first kappa shape index (κ1) is 12.0. The molecule has 1 aromatic rings. The lowest BCUT2D eigenvalue weighted by atomic mass is 10.2. The molecule has 84 valence electrons. The van der Waals surface area contributed by atoms with Crippen LogP contribution >= 0.6 is 11.6 Å². The maximum absolute atomic E-state index is 12.3. The highest BCUT2D eigenvalue weighted by Crippen LogP contribution is 2.41. The van der Waals surface area contributed by atoms with Crippen molar-refractivity contribution in [3.63, 3.8) is 0 Å². The summed E-state index contributed by atoms with van der Waals surface area (Å²) in [5.41, 5.74) is -3.30. The average Bonchev–Trinajstić information content (AvgIpc) is 2.06. The topological polar surface area (TPSA) is 33.1 Å². The largest absolute Gasteiger partial charge is 0.505 e. The van der Waals surface area contributed by atoms with Crippen LogP contribution in [0.3, 0.4) is 0 Å². The summed E-state index contributed by atoms with van der Waals surface area (Å²) in [7, 11) is 0. The Bertz CT molecular complexity index is 378. The molecule has 15 heavy (non-hydrogen) atoms. The van der Waals surface area contributed by atoms with Gasteiger partial charge in [0.05, 0.1) is 16.8 Å². The molecule has 0 aromatic carbocycles. The second-order valence-electron chi connectivity index (χ2n) is 2.52. The molecule has 1 aromatic heterocycles. The van der Waals surface area contributed by atoms with Crippen LogP contribution in [-0.4, -0.2) is 10.1 Å². The van der Waals surface area contributed by atoms with Crippen molar-refractivity contribution in [1.82, 2.24) is 4.98 Å². The Kier molecular flexibility index (Phi) is 3.03. The minimum Gasteiger partial charge on any atom is -0.505 e. The lowest BCUT2D eigenvalue weighted by Crippen LogP contribution is -2.12. The van der Waals surface area contributed by atoms with Gasteiger partial charge >= 0.3 is 6.18 Å². The molecule has 1 N–H and O–H groups in total. The highest BCUT2D eigenvalue weighted by atomic mass is 35.5. The van der Waals surface area contributed by atoms with Crippen molar-refractivity contribution in [3.05, 3.63) is 22.5 Å². The van der Waals surface area contributed by atoms with Gasteiger partial charge in [-0.15, -0.1) is 0 Å². The van der Waals surface area contributed by atoms with E-state index in [1.807, 2.05) is 0 Å². The number of hydrogen-bond acceptors (Lipinski definition) is 2. The first-order valence-electron chi connectivity index (χ1n) is 3.48. The molecule has 0 atom stereocenters. The highest BCUT2D eigenvalue weighted by Gasteiger charge is 2.39. The fourth-order valence-electron chi connectivity index (χ4n) is 0.919. The molecule has 0 bridgehead atoms. The van der Waals surface area contributed by atoms with Gasteiger partial charge in [0.1, 0.15) is 0 Å². The van der Waals surface area contributed by atoms with Crippen molar-refractivity contribution in [2.24, 2.45) is 0 Å². The molecule has 0 aliphatic rings. The van der Waals surface area contributed by atoms with Crippen LogP contribution in [0.25, 0.3) is 0 Å². The van der Waals surface area contributed by atoms with Gasteiger partial charge in [-0.25, -0.2) is 13.8 Å². The number of rotatable bonds is 1. The summed E-state index contributed by atoms with van der Waals surface area (Å²) in [6, 6.07) is 0. The summed E-state index contributed by atoms with van der Waals surface area (Å²) < 4.78 is 61.1. The minimum atomic E-state index is -5.04. The molecular weight excluding hydrogens is 245 g/mol. The first-order chi connectivity index (χ1) is 6.75. The van der Waals surface area contributed by atoms with E-state index in [0.29, 0.717) is 6.20 Å². The van der Waals surface area contributed by atoms with Crippen LogP contribution in [0.15, 0.2) is 6.20 Å². The Morgan fingerprint density at radius 3 is 2.27 bits per heavy atom. The van der Waals surface area contributed by atoms with Crippen molar-refractivity contribution in [2.75, 3.05) is 0 Å². The summed E-state index contributed by atoms with van der Waals surface area (Å²) in [6.45, 7) is 0. The van der Waals surface area contributed by atoms with Crippen molar-refractivity contribution in [1.29, 1.82) is 0 Å². The number of aromatic hydroxyl groups is 1. The smallest absolute Gasteiger partial charge is 0.433 e. The third kappa shape index (κ3) is 2.28. The van der Waals surface area contributed by atoms with Crippen molar-refractivity contribution >= 4 is 11.6 Å². The van der Waals surface area contributed by atoms with E-state index < -0.39 is 34.6 Å². The molecule has 1 heterocycles. The highest BCUT2D eigenvalue weighted by molar-refractivity contribution is 6.32. The van der Waals surface area contributed by atoms with Crippen LogP contribution in [0.5, 0.6) is 5.75 Å². The van der Waals surface area contributed by atoms with Gasteiger partial charge in [0.2, 0.25) is 0 Å². The van der Waals surface area contributed by atoms with E-state index in [1.165, 1.54) is 0 Å². The van der Waals surface area contributed by atoms with Gasteiger partial charge in [0.15, 0.2) is 11.4 Å². The van der Waals surface area contributed by atoms with Crippen molar-refractivity contribution in [3.8, 4) is 5.75 Å². The number of halogens is 6. The molecule has 0 saturated carbocycles. The Hall–Kier alpha value is -1.11. The Morgan fingerprint density at radius 1 is 1.33 bits per heavy atom. The van der Waals surface area contributed by atoms with E-state index in [0.717, 1.165) is 0 Å². The Balaban J connectivity index is 3.47. The molecule has 0 radical (unpaired) electrons. The molecule has 0 amide bonds. The molecule has 2 nitrogen and oxygen atoms in total. The number of hydrogen-bond donors (Lipinski definition) is 1. The predicted octanol–water partition coefficient (Wildman–Crippen LogP) is 3.40. The molecule has 0 unspecified atom stereocenters. The van der Waals surface area contributed by atoms with Crippen LogP contribution in [0, 0.1) is 0 Å². The van der Waals surface area contributed by atoms with E-state index >= 15 is 0 Å². The summed E-state index contributed by atoms with van der Waals surface area (Å²) in [5, 5.41) is 7.81. The van der Waals surface area contributed by atoms with Crippen LogP contribution in [0.2, 0.25) is 5.02 Å². The van der Waals surface area contributed by atoms with Gasteiger partial charge in [-0.3, -0.25) is 0 Å². The number of nitrogens with zero attached hydrogens (tertiary/aromatic N) is 1. The molecular formula is C7H3ClF5NO. The zero-order chi connectivity index (χ0) is 11.8. The summed E-state index contributed by atoms with van der Waals surface area (Å²) >= 11 is 5.13. The normalized spacial score (nSPS) is 12.2. The SMILES string of the molecule is Oc1cnc(C(F)(F)F)c(C(F)F)c1Cl. The van der Waals surface area contributed by atoms with E-state index in [1.54, 1.807) is 0 Å². The van der Waals surface area contributed by atoms with Crippen molar-refractivity contribution < 1.29 is 27.1 Å². The monoisotopic (exact) mass is 247 g/mol. The lowest BCUT2D eigenvalue weighted by Gasteiger charge is -2.12. The molecule has 0 spiro atoms. The second kappa shape index (κ2) is 3.80. The maximum atomic E-state index is 12.3. The zero-order valence-corrected chi connectivity index (χ0v) is 7.57. The van der Waals surface area contributed by atoms with Gasteiger partial charge in [0, 0.05) is 0 Å². The Morgan fingerprint density at radius 2 is 1.87 bits per heavy atom. The molecule has 0 fully saturated rings. The van der Waals surface area contributed by atoms with Crippen LogP contribution in [0.1, 0.15) is 17.7 Å². The predicted molar refractivity (Wildman–Crippen MR) is 40.9 cm³/mol. The van der Waals surface area contributed by atoms with Gasteiger partial charge in [-0.2, -0.15) is 13.2 Å². The number of aromatic nitrogens is 1.